The molecule has 122 valence electrons. The van der Waals surface area contributed by atoms with E-state index in [0.29, 0.717) is 5.69 Å². The third kappa shape index (κ3) is 4.92. The summed E-state index contributed by atoms with van der Waals surface area (Å²) in [6.45, 7) is 5.21. The maximum atomic E-state index is 11.7. The zero-order valence-corrected chi connectivity index (χ0v) is 13.2. The number of hydrogen-bond acceptors (Lipinski definition) is 6. The zero-order valence-electron chi connectivity index (χ0n) is 13.2. The highest BCUT2D eigenvalue weighted by atomic mass is 16.6. The van der Waals surface area contributed by atoms with Crippen LogP contribution in [0.25, 0.3) is 0 Å². The van der Waals surface area contributed by atoms with Gasteiger partial charge in [0.1, 0.15) is 11.4 Å². The summed E-state index contributed by atoms with van der Waals surface area (Å²) in [6.07, 6.45) is -0.633. The number of rotatable bonds is 4. The Labute approximate surface area is 129 Å². The van der Waals surface area contributed by atoms with Crippen LogP contribution < -0.4 is 11.1 Å². The molecule has 0 fully saturated rings. The summed E-state index contributed by atoms with van der Waals surface area (Å²) in [5.74, 6) is -1.48. The van der Waals surface area contributed by atoms with Gasteiger partial charge in [-0.2, -0.15) is 0 Å². The lowest BCUT2D eigenvalue weighted by atomic mass is 9.97. The molecule has 1 amide bonds. The molecule has 7 heteroatoms. The number of ether oxygens (including phenoxy) is 2. The Bertz CT molecular complexity index is 551. The SMILES string of the molecule is COC(=O)C(CN)c1cc(NC(=O)OC(C)(C)C)ccc1O. The Hall–Kier alpha value is -2.28. The van der Waals surface area contributed by atoms with Crippen molar-refractivity contribution in [3.05, 3.63) is 23.8 Å². The Morgan fingerprint density at radius 3 is 2.50 bits per heavy atom. The average Bonchev–Trinajstić information content (AvgIpc) is 2.40. The van der Waals surface area contributed by atoms with Gasteiger partial charge in [0.2, 0.25) is 0 Å². The predicted molar refractivity (Wildman–Crippen MR) is 81.8 cm³/mol. The molecule has 0 aliphatic rings. The van der Waals surface area contributed by atoms with Gasteiger partial charge < -0.3 is 20.3 Å². The van der Waals surface area contributed by atoms with Crippen molar-refractivity contribution in [1.29, 1.82) is 0 Å². The van der Waals surface area contributed by atoms with E-state index in [4.69, 9.17) is 10.5 Å². The second-order valence-electron chi connectivity index (χ2n) is 5.71. The third-order valence-electron chi connectivity index (χ3n) is 2.77. The fraction of sp³-hybridized carbons (Fsp3) is 0.467. The third-order valence-corrected chi connectivity index (χ3v) is 2.77. The van der Waals surface area contributed by atoms with E-state index >= 15 is 0 Å². The Balaban J connectivity index is 2.99. The van der Waals surface area contributed by atoms with Crippen LogP contribution in [0.4, 0.5) is 10.5 Å². The number of carbonyl (C=O) groups excluding carboxylic acids is 2. The van der Waals surface area contributed by atoms with Crippen molar-refractivity contribution in [1.82, 2.24) is 0 Å². The fourth-order valence-electron chi connectivity index (χ4n) is 1.83. The average molecular weight is 310 g/mol. The van der Waals surface area contributed by atoms with E-state index in [2.05, 4.69) is 10.1 Å². The van der Waals surface area contributed by atoms with Crippen LogP contribution >= 0.6 is 0 Å². The smallest absolute Gasteiger partial charge is 0.412 e. The Morgan fingerprint density at radius 2 is 2.00 bits per heavy atom. The molecule has 0 saturated carbocycles. The Kier molecular flexibility index (Phi) is 5.76. The monoisotopic (exact) mass is 310 g/mol. The molecule has 22 heavy (non-hydrogen) atoms. The summed E-state index contributed by atoms with van der Waals surface area (Å²) in [6, 6.07) is 4.33. The first-order chi connectivity index (χ1) is 10.2. The molecule has 0 aromatic heterocycles. The minimum atomic E-state index is -0.814. The number of methoxy groups -OCH3 is 1. The molecule has 0 aliphatic carbocycles. The normalized spacial score (nSPS) is 12.4. The van der Waals surface area contributed by atoms with Gasteiger partial charge in [-0.3, -0.25) is 10.1 Å². The molecule has 1 unspecified atom stereocenters. The minimum Gasteiger partial charge on any atom is -0.508 e. The van der Waals surface area contributed by atoms with Crippen molar-refractivity contribution >= 4 is 17.7 Å². The van der Waals surface area contributed by atoms with Crippen LogP contribution in [0.2, 0.25) is 0 Å². The molecule has 0 heterocycles. The number of aromatic hydroxyl groups is 1. The number of anilines is 1. The summed E-state index contributed by atoms with van der Waals surface area (Å²) >= 11 is 0. The molecule has 0 aliphatic heterocycles. The molecule has 1 atom stereocenters. The van der Waals surface area contributed by atoms with Crippen molar-refractivity contribution in [2.45, 2.75) is 32.3 Å². The topological polar surface area (TPSA) is 111 Å². The van der Waals surface area contributed by atoms with E-state index in [9.17, 15) is 14.7 Å². The molecule has 0 saturated heterocycles. The van der Waals surface area contributed by atoms with E-state index < -0.39 is 23.6 Å². The predicted octanol–water partition coefficient (Wildman–Crippen LogP) is 1.95. The highest BCUT2D eigenvalue weighted by Crippen LogP contribution is 2.29. The van der Waals surface area contributed by atoms with Crippen molar-refractivity contribution in [2.24, 2.45) is 5.73 Å². The van der Waals surface area contributed by atoms with Crippen LogP contribution in [-0.4, -0.2) is 36.4 Å². The van der Waals surface area contributed by atoms with Gasteiger partial charge in [-0.05, 0) is 39.0 Å². The first-order valence-corrected chi connectivity index (χ1v) is 6.78. The van der Waals surface area contributed by atoms with Crippen LogP contribution in [-0.2, 0) is 14.3 Å². The molecule has 0 bridgehead atoms. The number of amides is 1. The van der Waals surface area contributed by atoms with E-state index in [-0.39, 0.29) is 17.9 Å². The lowest BCUT2D eigenvalue weighted by molar-refractivity contribution is -0.142. The second-order valence-corrected chi connectivity index (χ2v) is 5.71. The summed E-state index contributed by atoms with van der Waals surface area (Å²) < 4.78 is 9.80. The van der Waals surface area contributed by atoms with Crippen LogP contribution in [0.5, 0.6) is 5.75 Å². The zero-order chi connectivity index (χ0) is 16.9. The van der Waals surface area contributed by atoms with Gasteiger partial charge in [0.15, 0.2) is 0 Å². The fourth-order valence-corrected chi connectivity index (χ4v) is 1.83. The highest BCUT2D eigenvalue weighted by Gasteiger charge is 2.24. The number of esters is 1. The lowest BCUT2D eigenvalue weighted by Gasteiger charge is -2.20. The van der Waals surface area contributed by atoms with Gasteiger partial charge in [0.25, 0.3) is 0 Å². The van der Waals surface area contributed by atoms with E-state index in [1.54, 1.807) is 20.8 Å². The summed E-state index contributed by atoms with van der Waals surface area (Å²) in [5.41, 5.74) is 5.59. The first-order valence-electron chi connectivity index (χ1n) is 6.78. The number of benzene rings is 1. The van der Waals surface area contributed by atoms with Gasteiger partial charge in [-0.25, -0.2) is 4.79 Å². The van der Waals surface area contributed by atoms with Gasteiger partial charge in [-0.1, -0.05) is 0 Å². The molecule has 1 aromatic rings. The van der Waals surface area contributed by atoms with Crippen LogP contribution in [0, 0.1) is 0 Å². The van der Waals surface area contributed by atoms with Crippen LogP contribution in [0.3, 0.4) is 0 Å². The number of hydrogen-bond donors (Lipinski definition) is 3. The van der Waals surface area contributed by atoms with Crippen molar-refractivity contribution in [3.63, 3.8) is 0 Å². The number of nitrogens with one attached hydrogen (secondary N) is 1. The van der Waals surface area contributed by atoms with Crippen molar-refractivity contribution in [2.75, 3.05) is 19.0 Å². The van der Waals surface area contributed by atoms with E-state index in [1.165, 1.54) is 25.3 Å². The maximum absolute atomic E-state index is 11.7. The van der Waals surface area contributed by atoms with E-state index in [0.717, 1.165) is 0 Å². The van der Waals surface area contributed by atoms with Gasteiger partial charge in [0, 0.05) is 17.8 Å². The number of phenolic OH excluding ortho intramolecular Hbond substituents is 1. The molecule has 0 radical (unpaired) electrons. The van der Waals surface area contributed by atoms with Crippen molar-refractivity contribution in [3.8, 4) is 5.75 Å². The standard InChI is InChI=1S/C15H22N2O5/c1-15(2,3)22-14(20)17-9-5-6-12(18)10(7-9)11(8-16)13(19)21-4/h5-7,11,18H,8,16H2,1-4H3,(H,17,20). The molecule has 1 aromatic carbocycles. The number of carbonyl (C=O) groups is 2. The molecule has 1 rings (SSSR count). The maximum Gasteiger partial charge on any atom is 0.412 e. The summed E-state index contributed by atoms with van der Waals surface area (Å²) in [5, 5.41) is 12.4. The van der Waals surface area contributed by atoms with Crippen LogP contribution in [0.1, 0.15) is 32.3 Å². The summed E-state index contributed by atoms with van der Waals surface area (Å²) in [7, 11) is 1.24. The highest BCUT2D eigenvalue weighted by molar-refractivity contribution is 5.86. The first kappa shape index (κ1) is 17.8. The number of nitrogens with two attached hydrogens (primary N) is 1. The Morgan fingerprint density at radius 1 is 1.36 bits per heavy atom. The van der Waals surface area contributed by atoms with E-state index in [1.807, 2.05) is 0 Å². The van der Waals surface area contributed by atoms with Gasteiger partial charge in [-0.15, -0.1) is 0 Å². The molecule has 0 spiro atoms. The van der Waals surface area contributed by atoms with Crippen LogP contribution in [0.15, 0.2) is 18.2 Å². The molecule has 7 nitrogen and oxygen atoms in total. The largest absolute Gasteiger partial charge is 0.508 e. The minimum absolute atomic E-state index is 0.0316. The second kappa shape index (κ2) is 7.13. The lowest BCUT2D eigenvalue weighted by Crippen LogP contribution is -2.27. The van der Waals surface area contributed by atoms with Crippen molar-refractivity contribution < 1.29 is 24.2 Å². The quantitative estimate of drug-likeness (QED) is 0.579. The number of phenols is 1. The molecular weight excluding hydrogens is 288 g/mol. The molecule has 4 N–H and O–H groups in total. The van der Waals surface area contributed by atoms with Gasteiger partial charge in [0.05, 0.1) is 13.0 Å². The molecular formula is C15H22N2O5. The van der Waals surface area contributed by atoms with Gasteiger partial charge >= 0.3 is 12.1 Å². The summed E-state index contributed by atoms with van der Waals surface area (Å²) in [4.78, 5) is 23.4.